The number of thiocarbonyl (C=S) groups is 1. The van der Waals surface area contributed by atoms with Gasteiger partial charge in [0.05, 0.1) is 6.26 Å². The summed E-state index contributed by atoms with van der Waals surface area (Å²) >= 11 is 5.00. The van der Waals surface area contributed by atoms with Crippen molar-refractivity contribution < 1.29 is 13.2 Å². The quantitative estimate of drug-likeness (QED) is 0.772. The van der Waals surface area contributed by atoms with Crippen LogP contribution in [0.3, 0.4) is 0 Å². The molecule has 1 saturated heterocycles. The molecule has 0 unspecified atom stereocenters. The summed E-state index contributed by atoms with van der Waals surface area (Å²) in [5.41, 5.74) is 1.80. The largest absolute Gasteiger partial charge is 0.369 e. The molecule has 1 fully saturated rings. The average Bonchev–Trinajstić information content (AvgIpc) is 2.46. The first-order valence-corrected chi connectivity index (χ1v) is 9.40. The Balaban J connectivity index is 1.93. The van der Waals surface area contributed by atoms with Crippen LogP contribution in [0.5, 0.6) is 0 Å². The number of benzene rings is 1. The van der Waals surface area contributed by atoms with Gasteiger partial charge in [0.25, 0.3) is 0 Å². The second-order valence-electron chi connectivity index (χ2n) is 5.33. The predicted molar refractivity (Wildman–Crippen MR) is 95.1 cm³/mol. The lowest BCUT2D eigenvalue weighted by Crippen LogP contribution is -2.48. The predicted octanol–water partition coefficient (Wildman–Crippen LogP) is 0.601. The molecule has 2 N–H and O–H groups in total. The molecule has 1 aromatic carbocycles. The maximum atomic E-state index is 11.5. The van der Waals surface area contributed by atoms with Crippen molar-refractivity contribution in [2.45, 2.75) is 6.92 Å². The van der Waals surface area contributed by atoms with Crippen LogP contribution < -0.4 is 15.5 Å². The molecule has 126 valence electrons. The number of hydrogen-bond donors (Lipinski definition) is 2. The van der Waals surface area contributed by atoms with Crippen LogP contribution in [0.1, 0.15) is 6.92 Å². The fourth-order valence-electron chi connectivity index (χ4n) is 2.36. The van der Waals surface area contributed by atoms with Crippen LogP contribution in [0.15, 0.2) is 24.3 Å². The zero-order valence-electron chi connectivity index (χ0n) is 13.1. The lowest BCUT2D eigenvalue weighted by Gasteiger charge is -2.34. The molecule has 0 spiro atoms. The van der Waals surface area contributed by atoms with Gasteiger partial charge in [-0.1, -0.05) is 0 Å². The minimum atomic E-state index is -3.11. The second-order valence-corrected chi connectivity index (χ2v) is 7.72. The lowest BCUT2D eigenvalue weighted by atomic mass is 10.2. The van der Waals surface area contributed by atoms with E-state index in [1.165, 1.54) is 17.5 Å². The number of hydrogen-bond acceptors (Lipinski definition) is 5. The van der Waals surface area contributed by atoms with Gasteiger partial charge in [0, 0.05) is 44.5 Å². The minimum absolute atomic E-state index is 0.220. The van der Waals surface area contributed by atoms with E-state index in [1.54, 1.807) is 0 Å². The summed E-state index contributed by atoms with van der Waals surface area (Å²) in [5.74, 6) is -0.220. The van der Waals surface area contributed by atoms with E-state index in [0.717, 1.165) is 11.4 Å². The van der Waals surface area contributed by atoms with E-state index in [-0.39, 0.29) is 11.0 Å². The molecule has 1 aliphatic rings. The first-order chi connectivity index (χ1) is 10.8. The van der Waals surface area contributed by atoms with E-state index < -0.39 is 10.0 Å². The fraction of sp³-hybridized carbons (Fsp3) is 0.429. The number of amides is 1. The van der Waals surface area contributed by atoms with Gasteiger partial charge < -0.3 is 15.5 Å². The van der Waals surface area contributed by atoms with Gasteiger partial charge in [-0.2, -0.15) is 4.31 Å². The molecule has 0 aliphatic carbocycles. The Kier molecular flexibility index (Phi) is 5.55. The second kappa shape index (κ2) is 7.24. The molecule has 1 aliphatic heterocycles. The molecule has 23 heavy (non-hydrogen) atoms. The monoisotopic (exact) mass is 356 g/mol. The Morgan fingerprint density at radius 2 is 1.70 bits per heavy atom. The van der Waals surface area contributed by atoms with Crippen molar-refractivity contribution in [1.82, 2.24) is 9.62 Å². The van der Waals surface area contributed by atoms with Crippen LogP contribution in [0, 0.1) is 0 Å². The van der Waals surface area contributed by atoms with Crippen LogP contribution in [-0.2, 0) is 14.8 Å². The maximum absolute atomic E-state index is 11.5. The summed E-state index contributed by atoms with van der Waals surface area (Å²) in [7, 11) is -3.11. The van der Waals surface area contributed by atoms with Gasteiger partial charge in [0.2, 0.25) is 15.9 Å². The van der Waals surface area contributed by atoms with E-state index in [1.807, 2.05) is 24.3 Å². The lowest BCUT2D eigenvalue weighted by molar-refractivity contribution is -0.117. The van der Waals surface area contributed by atoms with Crippen molar-refractivity contribution in [2.24, 2.45) is 0 Å². The highest BCUT2D eigenvalue weighted by Gasteiger charge is 2.23. The molecule has 1 amide bonds. The number of piperazine rings is 1. The molecule has 0 bridgehead atoms. The Bertz CT molecular complexity index is 680. The number of carbonyl (C=O) groups excluding carboxylic acids is 1. The minimum Gasteiger partial charge on any atom is -0.369 e. The van der Waals surface area contributed by atoms with Crippen LogP contribution in [-0.4, -0.2) is 56.2 Å². The van der Waals surface area contributed by atoms with E-state index in [9.17, 15) is 13.2 Å². The summed E-state index contributed by atoms with van der Waals surface area (Å²) in [4.78, 5) is 13.0. The number of nitrogens with zero attached hydrogens (tertiary/aromatic N) is 2. The van der Waals surface area contributed by atoms with Crippen LogP contribution in [0.4, 0.5) is 11.4 Å². The zero-order chi connectivity index (χ0) is 17.0. The molecule has 1 heterocycles. The molecular weight excluding hydrogens is 336 g/mol. The molecule has 0 saturated carbocycles. The number of rotatable bonds is 3. The van der Waals surface area contributed by atoms with Gasteiger partial charge in [-0.3, -0.25) is 4.79 Å². The van der Waals surface area contributed by atoms with Gasteiger partial charge in [0.15, 0.2) is 5.11 Å². The summed E-state index contributed by atoms with van der Waals surface area (Å²) in [6.07, 6.45) is 1.24. The topological polar surface area (TPSA) is 81.8 Å². The van der Waals surface area contributed by atoms with Gasteiger partial charge >= 0.3 is 0 Å². The van der Waals surface area contributed by atoms with Gasteiger partial charge in [-0.05, 0) is 36.5 Å². The van der Waals surface area contributed by atoms with Crippen molar-refractivity contribution in [2.75, 3.05) is 42.7 Å². The SMILES string of the molecule is CC(=O)NC(=S)Nc1ccc(N2CCN(S(C)(=O)=O)CC2)cc1. The highest BCUT2D eigenvalue weighted by atomic mass is 32.2. The Labute approximate surface area is 141 Å². The normalized spacial score (nSPS) is 16.0. The smallest absolute Gasteiger partial charge is 0.222 e. The van der Waals surface area contributed by atoms with Crippen LogP contribution in [0.2, 0.25) is 0 Å². The molecule has 0 radical (unpaired) electrons. The molecule has 0 atom stereocenters. The van der Waals surface area contributed by atoms with E-state index in [2.05, 4.69) is 15.5 Å². The van der Waals surface area contributed by atoms with Crippen molar-refractivity contribution in [3.8, 4) is 0 Å². The van der Waals surface area contributed by atoms with E-state index in [0.29, 0.717) is 26.2 Å². The highest BCUT2D eigenvalue weighted by molar-refractivity contribution is 7.88. The fourth-order valence-corrected chi connectivity index (χ4v) is 3.44. The number of anilines is 2. The Morgan fingerprint density at radius 3 is 2.17 bits per heavy atom. The summed E-state index contributed by atoms with van der Waals surface area (Å²) in [6.45, 7) is 3.69. The Hall–Kier alpha value is -1.71. The zero-order valence-corrected chi connectivity index (χ0v) is 14.7. The van der Waals surface area contributed by atoms with Crippen LogP contribution >= 0.6 is 12.2 Å². The first-order valence-electron chi connectivity index (χ1n) is 7.14. The third-order valence-corrected chi connectivity index (χ3v) is 4.99. The molecule has 0 aromatic heterocycles. The number of sulfonamides is 1. The van der Waals surface area contributed by atoms with Crippen molar-refractivity contribution in [3.05, 3.63) is 24.3 Å². The molecule has 7 nitrogen and oxygen atoms in total. The molecule has 9 heteroatoms. The Morgan fingerprint density at radius 1 is 1.13 bits per heavy atom. The first kappa shape index (κ1) is 17.6. The van der Waals surface area contributed by atoms with Crippen molar-refractivity contribution in [1.29, 1.82) is 0 Å². The number of carbonyl (C=O) groups is 1. The summed E-state index contributed by atoms with van der Waals surface area (Å²) in [6, 6.07) is 7.61. The summed E-state index contributed by atoms with van der Waals surface area (Å²) < 4.78 is 24.5. The molecule has 1 aromatic rings. The third kappa shape index (κ3) is 5.15. The standard InChI is InChI=1S/C14H20N4O3S2/c1-11(19)15-14(22)16-12-3-5-13(6-4-12)17-7-9-18(10-8-17)23(2,20)21/h3-6H,7-10H2,1-2H3,(H2,15,16,19,22). The van der Waals surface area contributed by atoms with Crippen molar-refractivity contribution in [3.63, 3.8) is 0 Å². The van der Waals surface area contributed by atoms with Gasteiger partial charge in [-0.25, -0.2) is 8.42 Å². The number of nitrogens with one attached hydrogen (secondary N) is 2. The average molecular weight is 356 g/mol. The van der Waals surface area contributed by atoms with E-state index >= 15 is 0 Å². The highest BCUT2D eigenvalue weighted by Crippen LogP contribution is 2.20. The van der Waals surface area contributed by atoms with Crippen LogP contribution in [0.25, 0.3) is 0 Å². The maximum Gasteiger partial charge on any atom is 0.222 e. The van der Waals surface area contributed by atoms with Gasteiger partial charge in [0.1, 0.15) is 0 Å². The van der Waals surface area contributed by atoms with Gasteiger partial charge in [-0.15, -0.1) is 0 Å². The van der Waals surface area contributed by atoms with E-state index in [4.69, 9.17) is 12.2 Å². The molecule has 2 rings (SSSR count). The summed E-state index contributed by atoms with van der Waals surface area (Å²) in [5, 5.41) is 5.68. The van der Waals surface area contributed by atoms with Crippen molar-refractivity contribution >= 4 is 44.6 Å². The third-order valence-electron chi connectivity index (χ3n) is 3.49. The molecular formula is C14H20N4O3S2.